The van der Waals surface area contributed by atoms with Crippen molar-refractivity contribution < 1.29 is 14.3 Å². The van der Waals surface area contributed by atoms with Crippen molar-refractivity contribution in [3.63, 3.8) is 0 Å². The topological polar surface area (TPSA) is 43.4 Å². The van der Waals surface area contributed by atoms with Gasteiger partial charge in [-0.1, -0.05) is 67.1 Å². The molecule has 3 nitrogen and oxygen atoms in total. The van der Waals surface area contributed by atoms with E-state index in [4.69, 9.17) is 4.74 Å². The van der Waals surface area contributed by atoms with Gasteiger partial charge in [0, 0.05) is 12.3 Å². The number of esters is 1. The molecule has 3 unspecified atom stereocenters. The Labute approximate surface area is 160 Å². The van der Waals surface area contributed by atoms with Gasteiger partial charge in [-0.05, 0) is 42.7 Å². The molecule has 4 rings (SSSR count). The maximum absolute atomic E-state index is 13.0. The van der Waals surface area contributed by atoms with Crippen molar-refractivity contribution >= 4 is 11.8 Å². The molecule has 0 aromatic heterocycles. The summed E-state index contributed by atoms with van der Waals surface area (Å²) in [5, 5.41) is 0. The number of ether oxygens (including phenoxy) is 1. The number of ketones is 1. The Morgan fingerprint density at radius 3 is 2.04 bits per heavy atom. The van der Waals surface area contributed by atoms with E-state index in [2.05, 4.69) is 12.1 Å². The van der Waals surface area contributed by atoms with Crippen molar-refractivity contribution in [1.82, 2.24) is 0 Å². The second kappa shape index (κ2) is 8.08. The van der Waals surface area contributed by atoms with Crippen molar-refractivity contribution in [3.8, 4) is 0 Å². The smallest absolute Gasteiger partial charge is 0.317 e. The van der Waals surface area contributed by atoms with E-state index in [-0.39, 0.29) is 29.7 Å². The molecule has 3 heteroatoms. The summed E-state index contributed by atoms with van der Waals surface area (Å²) in [7, 11) is 0. The second-order valence-electron chi connectivity index (χ2n) is 7.80. The normalized spacial score (nSPS) is 26.1. The Bertz CT molecular complexity index is 778. The van der Waals surface area contributed by atoms with E-state index in [1.54, 1.807) is 0 Å². The van der Waals surface area contributed by atoms with Crippen LogP contribution in [0.4, 0.5) is 0 Å². The maximum Gasteiger partial charge on any atom is 0.317 e. The molecule has 2 fully saturated rings. The fourth-order valence-electron chi connectivity index (χ4n) is 4.73. The highest BCUT2D eigenvalue weighted by Gasteiger charge is 2.48. The quantitative estimate of drug-likeness (QED) is 0.567. The summed E-state index contributed by atoms with van der Waals surface area (Å²) in [6.45, 7) is 0. The molecule has 2 aliphatic rings. The van der Waals surface area contributed by atoms with Gasteiger partial charge in [0.1, 0.15) is 17.8 Å². The minimum atomic E-state index is -0.695. The van der Waals surface area contributed by atoms with Crippen LogP contribution < -0.4 is 0 Å². The van der Waals surface area contributed by atoms with Gasteiger partial charge >= 0.3 is 5.97 Å². The summed E-state index contributed by atoms with van der Waals surface area (Å²) in [6.07, 6.45) is 5.63. The summed E-state index contributed by atoms with van der Waals surface area (Å²) in [4.78, 5) is 26.0. The lowest BCUT2D eigenvalue weighted by molar-refractivity contribution is -0.157. The van der Waals surface area contributed by atoms with Crippen LogP contribution in [0.3, 0.4) is 0 Å². The lowest BCUT2D eigenvalue weighted by Crippen LogP contribution is -2.31. The summed E-state index contributed by atoms with van der Waals surface area (Å²) in [6, 6.07) is 20.1. The highest BCUT2D eigenvalue weighted by molar-refractivity contribution is 6.02. The van der Waals surface area contributed by atoms with E-state index < -0.39 is 5.92 Å². The molecule has 2 aliphatic carbocycles. The Hall–Kier alpha value is -2.42. The number of benzene rings is 2. The number of Topliss-reactive ketones (excluding diaryl/α,β-unsaturated/α-hetero) is 1. The third-order valence-electron chi connectivity index (χ3n) is 6.06. The molecule has 0 radical (unpaired) electrons. The van der Waals surface area contributed by atoms with Crippen molar-refractivity contribution in [2.24, 2.45) is 5.92 Å². The molecule has 3 atom stereocenters. The number of hydrogen-bond acceptors (Lipinski definition) is 3. The average Bonchev–Trinajstić information content (AvgIpc) is 3.07. The van der Waals surface area contributed by atoms with E-state index in [0.717, 1.165) is 36.8 Å². The highest BCUT2D eigenvalue weighted by Crippen LogP contribution is 2.48. The third-order valence-corrected chi connectivity index (χ3v) is 6.06. The molecule has 0 spiro atoms. The molecule has 0 amide bonds. The number of rotatable bonds is 4. The SMILES string of the molecule is O=C1CC(c2ccccc2)C(c2ccccc2)C1C(=O)OC1CCCCC1. The molecule has 0 N–H and O–H groups in total. The van der Waals surface area contributed by atoms with Gasteiger partial charge in [0.25, 0.3) is 0 Å². The van der Waals surface area contributed by atoms with Crippen LogP contribution >= 0.6 is 0 Å². The molecule has 27 heavy (non-hydrogen) atoms. The Morgan fingerprint density at radius 2 is 1.41 bits per heavy atom. The Morgan fingerprint density at radius 1 is 0.815 bits per heavy atom. The molecule has 0 saturated heterocycles. The highest BCUT2D eigenvalue weighted by atomic mass is 16.5. The first-order chi connectivity index (χ1) is 13.2. The average molecular weight is 362 g/mol. The number of carbonyl (C=O) groups is 2. The molecular weight excluding hydrogens is 336 g/mol. The first-order valence-electron chi connectivity index (χ1n) is 10.1. The van der Waals surface area contributed by atoms with Gasteiger partial charge < -0.3 is 4.74 Å². The van der Waals surface area contributed by atoms with Crippen LogP contribution in [0, 0.1) is 5.92 Å². The van der Waals surface area contributed by atoms with Crippen molar-refractivity contribution in [3.05, 3.63) is 71.8 Å². The molecule has 0 bridgehead atoms. The molecule has 0 heterocycles. The van der Waals surface area contributed by atoms with Crippen LogP contribution in [-0.2, 0) is 14.3 Å². The molecule has 0 aliphatic heterocycles. The van der Waals surface area contributed by atoms with Gasteiger partial charge in [0.05, 0.1) is 0 Å². The van der Waals surface area contributed by atoms with Crippen LogP contribution in [-0.4, -0.2) is 17.9 Å². The standard InChI is InChI=1S/C24H26O3/c25-21-16-20(17-10-4-1-5-11-17)22(18-12-6-2-7-13-18)23(21)24(26)27-19-14-8-3-9-15-19/h1-2,4-7,10-13,19-20,22-23H,3,8-9,14-16H2. The fraction of sp³-hybridized carbons (Fsp3) is 0.417. The zero-order valence-electron chi connectivity index (χ0n) is 15.6. The Kier molecular flexibility index (Phi) is 5.38. The van der Waals surface area contributed by atoms with E-state index in [0.29, 0.717) is 6.42 Å². The maximum atomic E-state index is 13.0. The predicted molar refractivity (Wildman–Crippen MR) is 104 cm³/mol. The van der Waals surface area contributed by atoms with Gasteiger partial charge in [-0.2, -0.15) is 0 Å². The van der Waals surface area contributed by atoms with Gasteiger partial charge in [0.15, 0.2) is 0 Å². The van der Waals surface area contributed by atoms with Crippen LogP contribution in [0.1, 0.15) is 61.5 Å². The molecule has 2 saturated carbocycles. The van der Waals surface area contributed by atoms with Crippen LogP contribution in [0.25, 0.3) is 0 Å². The summed E-state index contributed by atoms with van der Waals surface area (Å²) in [5.41, 5.74) is 2.16. The first-order valence-corrected chi connectivity index (χ1v) is 10.1. The summed E-state index contributed by atoms with van der Waals surface area (Å²) in [5.74, 6) is -1.14. The minimum Gasteiger partial charge on any atom is -0.462 e. The van der Waals surface area contributed by atoms with Crippen molar-refractivity contribution in [2.75, 3.05) is 0 Å². The second-order valence-corrected chi connectivity index (χ2v) is 7.80. The lowest BCUT2D eigenvalue weighted by Gasteiger charge is -2.27. The van der Waals surface area contributed by atoms with Crippen molar-refractivity contribution in [1.29, 1.82) is 0 Å². The van der Waals surface area contributed by atoms with Crippen LogP contribution in [0.2, 0.25) is 0 Å². The van der Waals surface area contributed by atoms with E-state index in [9.17, 15) is 9.59 Å². The zero-order chi connectivity index (χ0) is 18.6. The largest absolute Gasteiger partial charge is 0.462 e. The van der Waals surface area contributed by atoms with E-state index >= 15 is 0 Å². The molecule has 140 valence electrons. The first kappa shape index (κ1) is 18.0. The zero-order valence-corrected chi connectivity index (χ0v) is 15.6. The van der Waals surface area contributed by atoms with Crippen molar-refractivity contribution in [2.45, 2.75) is 56.5 Å². The van der Waals surface area contributed by atoms with Gasteiger partial charge in [-0.3, -0.25) is 9.59 Å². The predicted octanol–water partition coefficient (Wildman–Crippen LogP) is 5.02. The monoisotopic (exact) mass is 362 g/mol. The number of hydrogen-bond donors (Lipinski definition) is 0. The van der Waals surface area contributed by atoms with E-state index in [1.165, 1.54) is 6.42 Å². The molecular formula is C24H26O3. The summed E-state index contributed by atoms with van der Waals surface area (Å²) >= 11 is 0. The number of carbonyl (C=O) groups excluding carboxylic acids is 2. The van der Waals surface area contributed by atoms with Crippen LogP contribution in [0.5, 0.6) is 0 Å². The fourth-order valence-corrected chi connectivity index (χ4v) is 4.73. The van der Waals surface area contributed by atoms with Crippen LogP contribution in [0.15, 0.2) is 60.7 Å². The minimum absolute atomic E-state index is 0.0125. The lowest BCUT2D eigenvalue weighted by atomic mass is 9.80. The van der Waals surface area contributed by atoms with Gasteiger partial charge in [-0.25, -0.2) is 0 Å². The van der Waals surface area contributed by atoms with Gasteiger partial charge in [-0.15, -0.1) is 0 Å². The Balaban J connectivity index is 1.64. The summed E-state index contributed by atoms with van der Waals surface area (Å²) < 4.78 is 5.82. The third kappa shape index (κ3) is 3.83. The van der Waals surface area contributed by atoms with E-state index in [1.807, 2.05) is 48.5 Å². The molecule has 2 aromatic rings. The molecule has 2 aromatic carbocycles. The van der Waals surface area contributed by atoms with Gasteiger partial charge in [0.2, 0.25) is 0 Å².